The van der Waals surface area contributed by atoms with Crippen molar-refractivity contribution in [1.82, 2.24) is 14.8 Å². The molecular formula is C22H26N4O3. The second kappa shape index (κ2) is 8.34. The Morgan fingerprint density at radius 2 is 1.79 bits per heavy atom. The van der Waals surface area contributed by atoms with E-state index in [1.54, 1.807) is 11.8 Å². The Labute approximate surface area is 170 Å². The van der Waals surface area contributed by atoms with Crippen LogP contribution in [0.25, 0.3) is 17.1 Å². The minimum atomic E-state index is -0.0809. The van der Waals surface area contributed by atoms with Gasteiger partial charge in [0.05, 0.1) is 19.9 Å². The van der Waals surface area contributed by atoms with Crippen LogP contribution in [-0.2, 0) is 4.79 Å². The van der Waals surface area contributed by atoms with E-state index in [1.807, 2.05) is 69.3 Å². The molecule has 0 spiro atoms. The molecule has 0 aliphatic heterocycles. The number of carbonyl (C=O) groups is 1. The summed E-state index contributed by atoms with van der Waals surface area (Å²) in [4.78, 5) is 16.8. The van der Waals surface area contributed by atoms with E-state index in [9.17, 15) is 4.79 Å². The van der Waals surface area contributed by atoms with Crippen molar-refractivity contribution < 1.29 is 14.3 Å². The highest BCUT2D eigenvalue weighted by molar-refractivity contribution is 5.91. The number of carbonyl (C=O) groups excluding carboxylic acids is 1. The van der Waals surface area contributed by atoms with E-state index < -0.39 is 0 Å². The maximum atomic E-state index is 12.3. The highest BCUT2D eigenvalue weighted by atomic mass is 16.5. The average Bonchev–Trinajstić information content (AvgIpc) is 3.11. The van der Waals surface area contributed by atoms with Crippen molar-refractivity contribution in [2.24, 2.45) is 5.41 Å². The van der Waals surface area contributed by atoms with Crippen LogP contribution in [0.3, 0.4) is 0 Å². The summed E-state index contributed by atoms with van der Waals surface area (Å²) < 4.78 is 12.2. The first-order valence-electron chi connectivity index (χ1n) is 9.35. The Balaban J connectivity index is 1.94. The van der Waals surface area contributed by atoms with E-state index >= 15 is 0 Å². The molecule has 1 amide bonds. The van der Waals surface area contributed by atoms with Crippen LogP contribution < -0.4 is 14.8 Å². The molecule has 7 nitrogen and oxygen atoms in total. The van der Waals surface area contributed by atoms with E-state index in [0.29, 0.717) is 17.9 Å². The van der Waals surface area contributed by atoms with Gasteiger partial charge < -0.3 is 14.8 Å². The van der Waals surface area contributed by atoms with Gasteiger partial charge in [0, 0.05) is 17.7 Å². The maximum absolute atomic E-state index is 12.3. The number of anilines is 1. The summed E-state index contributed by atoms with van der Waals surface area (Å²) >= 11 is 0. The Bertz CT molecular complexity index is 988. The molecular weight excluding hydrogens is 368 g/mol. The second-order valence-corrected chi connectivity index (χ2v) is 7.90. The number of hydrogen-bond acceptors (Lipinski definition) is 5. The Hall–Kier alpha value is -3.35. The number of methoxy groups -OCH3 is 2. The fourth-order valence-electron chi connectivity index (χ4n) is 2.89. The lowest BCUT2D eigenvalue weighted by atomic mass is 9.92. The molecule has 1 aromatic heterocycles. The van der Waals surface area contributed by atoms with Gasteiger partial charge in [-0.1, -0.05) is 26.8 Å². The number of ether oxygens (including phenoxy) is 2. The molecule has 0 radical (unpaired) electrons. The zero-order valence-corrected chi connectivity index (χ0v) is 17.4. The summed E-state index contributed by atoms with van der Waals surface area (Å²) in [5.41, 5.74) is 2.25. The lowest BCUT2D eigenvalue weighted by Crippen LogP contribution is -2.19. The monoisotopic (exact) mass is 394 g/mol. The molecule has 7 heteroatoms. The summed E-state index contributed by atoms with van der Waals surface area (Å²) in [5.74, 6) is 1.36. The van der Waals surface area contributed by atoms with E-state index in [-0.39, 0.29) is 17.3 Å². The molecule has 0 atom stereocenters. The van der Waals surface area contributed by atoms with Crippen LogP contribution in [0.4, 0.5) is 5.69 Å². The SMILES string of the molecule is COc1ccc(-c2nc(OC)nn2-c2cccc(NC(=O)CC(C)(C)C)c2)cc1. The van der Waals surface area contributed by atoms with Crippen LogP contribution in [0.2, 0.25) is 0 Å². The molecule has 1 heterocycles. The molecule has 0 aliphatic carbocycles. The lowest BCUT2D eigenvalue weighted by molar-refractivity contribution is -0.117. The summed E-state index contributed by atoms with van der Waals surface area (Å²) in [6.45, 7) is 6.10. The molecule has 0 aliphatic rings. The molecule has 152 valence electrons. The minimum absolute atomic E-state index is 0.0267. The highest BCUT2D eigenvalue weighted by Gasteiger charge is 2.17. The Morgan fingerprint density at radius 3 is 2.41 bits per heavy atom. The van der Waals surface area contributed by atoms with Gasteiger partial charge in [0.15, 0.2) is 5.82 Å². The standard InChI is InChI=1S/C22H26N4O3/c1-22(2,3)14-19(27)23-16-7-6-8-17(13-16)26-20(24-21(25-26)29-5)15-9-11-18(28-4)12-10-15/h6-13H,14H2,1-5H3,(H,23,27). The molecule has 1 N–H and O–H groups in total. The number of rotatable bonds is 6. The van der Waals surface area contributed by atoms with E-state index in [0.717, 1.165) is 17.0 Å². The van der Waals surface area contributed by atoms with Gasteiger partial charge in [-0.05, 0) is 47.9 Å². The topological polar surface area (TPSA) is 78.3 Å². The van der Waals surface area contributed by atoms with Crippen LogP contribution in [-0.4, -0.2) is 34.9 Å². The molecule has 2 aromatic carbocycles. The molecule has 0 fully saturated rings. The predicted octanol–water partition coefficient (Wildman–Crippen LogP) is 4.33. The predicted molar refractivity (Wildman–Crippen MR) is 113 cm³/mol. The summed E-state index contributed by atoms with van der Waals surface area (Å²) in [7, 11) is 3.15. The van der Waals surface area contributed by atoms with Gasteiger partial charge in [0.1, 0.15) is 5.75 Å². The Morgan fingerprint density at radius 1 is 1.07 bits per heavy atom. The van der Waals surface area contributed by atoms with Gasteiger partial charge in [0.25, 0.3) is 0 Å². The fourth-order valence-corrected chi connectivity index (χ4v) is 2.89. The minimum Gasteiger partial charge on any atom is -0.497 e. The van der Waals surface area contributed by atoms with Crippen molar-refractivity contribution in [3.8, 4) is 28.8 Å². The lowest BCUT2D eigenvalue weighted by Gasteiger charge is -2.17. The number of amides is 1. The zero-order chi connectivity index (χ0) is 21.0. The molecule has 3 rings (SSSR count). The first-order valence-corrected chi connectivity index (χ1v) is 9.35. The number of hydrogen-bond donors (Lipinski definition) is 1. The molecule has 0 saturated carbocycles. The molecule has 29 heavy (non-hydrogen) atoms. The van der Waals surface area contributed by atoms with Gasteiger partial charge in [-0.25, -0.2) is 4.68 Å². The maximum Gasteiger partial charge on any atom is 0.336 e. The van der Waals surface area contributed by atoms with Gasteiger partial charge >= 0.3 is 6.01 Å². The third kappa shape index (κ3) is 5.13. The second-order valence-electron chi connectivity index (χ2n) is 7.90. The number of aromatic nitrogens is 3. The molecule has 3 aromatic rings. The first-order chi connectivity index (χ1) is 13.8. The van der Waals surface area contributed by atoms with Gasteiger partial charge in [-0.15, -0.1) is 5.10 Å². The third-order valence-corrected chi connectivity index (χ3v) is 4.18. The van der Waals surface area contributed by atoms with Crippen molar-refractivity contribution in [3.05, 3.63) is 48.5 Å². The van der Waals surface area contributed by atoms with Gasteiger partial charge in [-0.3, -0.25) is 4.79 Å². The van der Waals surface area contributed by atoms with E-state index in [2.05, 4.69) is 15.4 Å². The zero-order valence-electron chi connectivity index (χ0n) is 17.4. The quantitative estimate of drug-likeness (QED) is 0.673. The fraction of sp³-hybridized carbons (Fsp3) is 0.318. The Kier molecular flexibility index (Phi) is 5.87. The number of benzene rings is 2. The normalized spacial score (nSPS) is 11.2. The molecule has 0 unspecified atom stereocenters. The van der Waals surface area contributed by atoms with Crippen LogP contribution >= 0.6 is 0 Å². The van der Waals surface area contributed by atoms with Crippen LogP contribution in [0, 0.1) is 5.41 Å². The van der Waals surface area contributed by atoms with Crippen molar-refractivity contribution in [2.75, 3.05) is 19.5 Å². The van der Waals surface area contributed by atoms with Crippen LogP contribution in [0.5, 0.6) is 11.8 Å². The largest absolute Gasteiger partial charge is 0.497 e. The van der Waals surface area contributed by atoms with E-state index in [1.165, 1.54) is 7.11 Å². The molecule has 0 bridgehead atoms. The smallest absolute Gasteiger partial charge is 0.336 e. The molecule has 0 saturated heterocycles. The first kappa shape index (κ1) is 20.4. The number of nitrogens with one attached hydrogen (secondary N) is 1. The summed E-state index contributed by atoms with van der Waals surface area (Å²) in [6, 6.07) is 15.3. The summed E-state index contributed by atoms with van der Waals surface area (Å²) in [5, 5.41) is 7.39. The van der Waals surface area contributed by atoms with Crippen molar-refractivity contribution in [2.45, 2.75) is 27.2 Å². The average molecular weight is 394 g/mol. The number of nitrogens with zero attached hydrogens (tertiary/aromatic N) is 3. The van der Waals surface area contributed by atoms with E-state index in [4.69, 9.17) is 9.47 Å². The van der Waals surface area contributed by atoms with Gasteiger partial charge in [-0.2, -0.15) is 4.98 Å². The van der Waals surface area contributed by atoms with Crippen molar-refractivity contribution in [3.63, 3.8) is 0 Å². The van der Waals surface area contributed by atoms with Gasteiger partial charge in [0.2, 0.25) is 5.91 Å². The van der Waals surface area contributed by atoms with Crippen LogP contribution in [0.1, 0.15) is 27.2 Å². The van der Waals surface area contributed by atoms with Crippen LogP contribution in [0.15, 0.2) is 48.5 Å². The third-order valence-electron chi connectivity index (χ3n) is 4.18. The van der Waals surface area contributed by atoms with Crippen molar-refractivity contribution >= 4 is 11.6 Å². The van der Waals surface area contributed by atoms with Crippen molar-refractivity contribution in [1.29, 1.82) is 0 Å². The highest BCUT2D eigenvalue weighted by Crippen LogP contribution is 2.27. The summed E-state index contributed by atoms with van der Waals surface area (Å²) in [6.07, 6.45) is 0.436.